The zero-order chi connectivity index (χ0) is 12.5. The van der Waals surface area contributed by atoms with Crippen molar-refractivity contribution in [1.29, 1.82) is 5.26 Å². The van der Waals surface area contributed by atoms with Crippen LogP contribution < -0.4 is 4.90 Å². The number of likely N-dealkylation sites (N-methyl/N-ethyl adjacent to an activating group) is 1. The number of aromatic nitrogens is 2. The van der Waals surface area contributed by atoms with E-state index in [1.165, 1.54) is 0 Å². The van der Waals surface area contributed by atoms with E-state index in [4.69, 9.17) is 5.26 Å². The van der Waals surface area contributed by atoms with Gasteiger partial charge in [0, 0.05) is 14.1 Å². The maximum Gasteiger partial charge on any atom is 0.145 e. The molecule has 1 aromatic rings. The van der Waals surface area contributed by atoms with Crippen LogP contribution in [0.1, 0.15) is 25.1 Å². The van der Waals surface area contributed by atoms with Gasteiger partial charge in [0.25, 0.3) is 0 Å². The van der Waals surface area contributed by atoms with Gasteiger partial charge in [-0.2, -0.15) is 10.4 Å². The number of rotatable bonds is 3. The molecule has 0 unspecified atom stereocenters. The molecule has 0 saturated carbocycles. The van der Waals surface area contributed by atoms with Crippen molar-refractivity contribution in [2.45, 2.75) is 26.3 Å². The molecule has 0 saturated heterocycles. The van der Waals surface area contributed by atoms with Crippen molar-refractivity contribution in [3.63, 3.8) is 0 Å². The molecule has 0 amide bonds. The van der Waals surface area contributed by atoms with E-state index in [0.717, 1.165) is 5.82 Å². The minimum Gasteiger partial charge on any atom is -0.394 e. The van der Waals surface area contributed by atoms with Crippen molar-refractivity contribution in [1.82, 2.24) is 9.78 Å². The average Bonchev–Trinajstić information content (AvgIpc) is 2.51. The topological polar surface area (TPSA) is 65.1 Å². The highest BCUT2D eigenvalue weighted by molar-refractivity contribution is 5.57. The Bertz CT molecular complexity index is 428. The predicted molar refractivity (Wildman–Crippen MR) is 62.2 cm³/mol. The molecule has 1 aromatic heterocycles. The van der Waals surface area contributed by atoms with E-state index in [-0.39, 0.29) is 6.61 Å². The van der Waals surface area contributed by atoms with Gasteiger partial charge < -0.3 is 10.0 Å². The number of aliphatic hydroxyl groups is 1. The van der Waals surface area contributed by atoms with Crippen molar-refractivity contribution in [2.24, 2.45) is 7.05 Å². The van der Waals surface area contributed by atoms with Crippen molar-refractivity contribution < 1.29 is 5.11 Å². The lowest BCUT2D eigenvalue weighted by Crippen LogP contribution is -2.45. The number of nitrogens with zero attached hydrogens (tertiary/aromatic N) is 4. The van der Waals surface area contributed by atoms with E-state index in [1.807, 2.05) is 32.7 Å². The van der Waals surface area contributed by atoms with E-state index in [9.17, 15) is 5.11 Å². The van der Waals surface area contributed by atoms with Crippen LogP contribution in [-0.4, -0.2) is 34.1 Å². The van der Waals surface area contributed by atoms with Gasteiger partial charge in [-0.25, -0.2) is 0 Å². The fourth-order valence-corrected chi connectivity index (χ4v) is 1.55. The SMILES string of the molecule is Cc1nn(C)c(N(C)C(C)(C)CO)c1C#N. The second-order valence-electron chi connectivity index (χ2n) is 4.55. The molecule has 0 fully saturated rings. The Morgan fingerprint density at radius 1 is 1.56 bits per heavy atom. The summed E-state index contributed by atoms with van der Waals surface area (Å²) < 4.78 is 1.67. The molecule has 0 aliphatic heterocycles. The summed E-state index contributed by atoms with van der Waals surface area (Å²) in [4.78, 5) is 1.88. The molecule has 5 heteroatoms. The van der Waals surface area contributed by atoms with Gasteiger partial charge in [0.05, 0.1) is 17.8 Å². The maximum absolute atomic E-state index is 9.33. The Labute approximate surface area is 95.9 Å². The van der Waals surface area contributed by atoms with Gasteiger partial charge >= 0.3 is 0 Å². The minimum absolute atomic E-state index is 0.0125. The lowest BCUT2D eigenvalue weighted by atomic mass is 10.0. The summed E-state index contributed by atoms with van der Waals surface area (Å²) >= 11 is 0. The fraction of sp³-hybridized carbons (Fsp3) is 0.636. The molecule has 5 nitrogen and oxygen atoms in total. The van der Waals surface area contributed by atoms with Crippen LogP contribution in [0.4, 0.5) is 5.82 Å². The summed E-state index contributed by atoms with van der Waals surface area (Å²) in [6.07, 6.45) is 0. The number of hydrogen-bond acceptors (Lipinski definition) is 4. The fourth-order valence-electron chi connectivity index (χ4n) is 1.55. The number of aryl methyl sites for hydroxylation is 2. The van der Waals surface area contributed by atoms with Gasteiger partial charge in [-0.15, -0.1) is 0 Å². The van der Waals surface area contributed by atoms with Crippen LogP contribution in [0, 0.1) is 18.3 Å². The summed E-state index contributed by atoms with van der Waals surface area (Å²) in [5.41, 5.74) is 0.846. The molecule has 0 bridgehead atoms. The van der Waals surface area contributed by atoms with Crippen LogP contribution in [0.3, 0.4) is 0 Å². The number of anilines is 1. The predicted octanol–water partition coefficient (Wildman–Crippen LogP) is 0.807. The normalized spacial score (nSPS) is 11.3. The highest BCUT2D eigenvalue weighted by Gasteiger charge is 2.28. The van der Waals surface area contributed by atoms with E-state index in [1.54, 1.807) is 11.7 Å². The van der Waals surface area contributed by atoms with Crippen LogP contribution in [-0.2, 0) is 7.05 Å². The zero-order valence-corrected chi connectivity index (χ0v) is 10.4. The molecule has 88 valence electrons. The molecule has 0 radical (unpaired) electrons. The molecule has 0 spiro atoms. The van der Waals surface area contributed by atoms with E-state index in [0.29, 0.717) is 11.3 Å². The van der Waals surface area contributed by atoms with E-state index >= 15 is 0 Å². The van der Waals surface area contributed by atoms with Crippen molar-refractivity contribution in [3.05, 3.63) is 11.3 Å². The average molecular weight is 222 g/mol. The van der Waals surface area contributed by atoms with E-state index in [2.05, 4.69) is 11.2 Å². The van der Waals surface area contributed by atoms with Crippen molar-refractivity contribution in [3.8, 4) is 6.07 Å². The first kappa shape index (κ1) is 12.5. The summed E-state index contributed by atoms with van der Waals surface area (Å²) in [6, 6.07) is 2.16. The van der Waals surface area contributed by atoms with Crippen LogP contribution in [0.5, 0.6) is 0 Å². The molecule has 1 heterocycles. The Balaban J connectivity index is 3.29. The Morgan fingerprint density at radius 3 is 2.56 bits per heavy atom. The summed E-state index contributed by atoms with van der Waals surface area (Å²) in [6.45, 7) is 5.65. The Hall–Kier alpha value is -1.54. The lowest BCUT2D eigenvalue weighted by Gasteiger charge is -2.35. The van der Waals surface area contributed by atoms with Crippen LogP contribution in [0.25, 0.3) is 0 Å². The third kappa shape index (κ3) is 1.89. The van der Waals surface area contributed by atoms with Crippen LogP contribution in [0.2, 0.25) is 0 Å². The highest BCUT2D eigenvalue weighted by Crippen LogP contribution is 2.26. The lowest BCUT2D eigenvalue weighted by molar-refractivity contribution is 0.215. The second kappa shape index (κ2) is 4.14. The number of aliphatic hydroxyl groups excluding tert-OH is 1. The van der Waals surface area contributed by atoms with Gasteiger partial charge in [-0.1, -0.05) is 0 Å². The third-order valence-corrected chi connectivity index (χ3v) is 2.92. The molecule has 1 N–H and O–H groups in total. The monoisotopic (exact) mass is 222 g/mol. The van der Waals surface area contributed by atoms with Gasteiger partial charge in [0.2, 0.25) is 0 Å². The summed E-state index contributed by atoms with van der Waals surface area (Å²) in [5.74, 6) is 0.735. The molecule has 0 aromatic carbocycles. The number of nitriles is 1. The first-order chi connectivity index (χ1) is 7.35. The molecule has 1 rings (SSSR count). The second-order valence-corrected chi connectivity index (χ2v) is 4.55. The Morgan fingerprint density at radius 2 is 2.12 bits per heavy atom. The molecule has 0 atom stereocenters. The standard InChI is InChI=1S/C11H18N4O/c1-8-9(6-12)10(15(5)13-8)14(4)11(2,3)7-16/h16H,7H2,1-5H3. The molecule has 0 aliphatic rings. The van der Waals surface area contributed by atoms with Crippen molar-refractivity contribution >= 4 is 5.82 Å². The largest absolute Gasteiger partial charge is 0.394 e. The first-order valence-corrected chi connectivity index (χ1v) is 5.13. The summed E-state index contributed by atoms with van der Waals surface area (Å²) in [7, 11) is 3.65. The number of hydrogen-bond donors (Lipinski definition) is 1. The summed E-state index contributed by atoms with van der Waals surface area (Å²) in [5, 5.41) is 22.7. The van der Waals surface area contributed by atoms with Gasteiger partial charge in [-0.3, -0.25) is 4.68 Å². The highest BCUT2D eigenvalue weighted by atomic mass is 16.3. The Kier molecular flexibility index (Phi) is 3.24. The van der Waals surface area contributed by atoms with Gasteiger partial charge in [-0.05, 0) is 20.8 Å². The van der Waals surface area contributed by atoms with Crippen molar-refractivity contribution in [2.75, 3.05) is 18.6 Å². The van der Waals surface area contributed by atoms with Gasteiger partial charge in [0.15, 0.2) is 0 Å². The molecule has 0 aliphatic carbocycles. The zero-order valence-electron chi connectivity index (χ0n) is 10.4. The van der Waals surface area contributed by atoms with Gasteiger partial charge in [0.1, 0.15) is 17.5 Å². The molecular weight excluding hydrogens is 204 g/mol. The van der Waals surface area contributed by atoms with Crippen LogP contribution >= 0.6 is 0 Å². The molecular formula is C11H18N4O. The minimum atomic E-state index is -0.425. The quantitative estimate of drug-likeness (QED) is 0.821. The first-order valence-electron chi connectivity index (χ1n) is 5.13. The maximum atomic E-state index is 9.33. The van der Waals surface area contributed by atoms with Crippen LogP contribution in [0.15, 0.2) is 0 Å². The van der Waals surface area contributed by atoms with E-state index < -0.39 is 5.54 Å². The molecule has 16 heavy (non-hydrogen) atoms. The third-order valence-electron chi connectivity index (χ3n) is 2.92. The smallest absolute Gasteiger partial charge is 0.145 e.